The lowest BCUT2D eigenvalue weighted by Crippen LogP contribution is -1.95. The minimum absolute atomic E-state index is 0.972. The third kappa shape index (κ3) is 2.80. The molecule has 1 aliphatic carbocycles. The highest BCUT2D eigenvalue weighted by Crippen LogP contribution is 2.27. The van der Waals surface area contributed by atoms with Gasteiger partial charge in [0.05, 0.1) is 0 Å². The molecule has 0 heteroatoms. The standard InChI is InChI=1S/C20H18/c1-16-11-13-17(14-12-16)15-19-9-5-6-10-20(19)18-7-3-2-4-8-18/h2-11,13-14H,1,12,15H2. The molecule has 0 heterocycles. The summed E-state index contributed by atoms with van der Waals surface area (Å²) >= 11 is 0. The number of benzene rings is 2. The van der Waals surface area contributed by atoms with Crippen LogP contribution in [0.15, 0.2) is 90.6 Å². The van der Waals surface area contributed by atoms with Crippen LogP contribution in [0, 0.1) is 0 Å². The second-order valence-electron chi connectivity index (χ2n) is 5.17. The molecule has 0 spiro atoms. The first-order valence-electron chi connectivity index (χ1n) is 7.01. The van der Waals surface area contributed by atoms with E-state index in [-0.39, 0.29) is 0 Å². The Balaban J connectivity index is 1.91. The Morgan fingerprint density at radius 3 is 2.35 bits per heavy atom. The van der Waals surface area contributed by atoms with Crippen molar-refractivity contribution in [3.8, 4) is 11.1 Å². The van der Waals surface area contributed by atoms with E-state index in [2.05, 4.69) is 79.4 Å². The Morgan fingerprint density at radius 2 is 1.60 bits per heavy atom. The van der Waals surface area contributed by atoms with E-state index in [4.69, 9.17) is 0 Å². The Hall–Kier alpha value is -2.34. The van der Waals surface area contributed by atoms with Crippen molar-refractivity contribution in [3.05, 3.63) is 96.1 Å². The molecule has 0 radical (unpaired) electrons. The fourth-order valence-corrected chi connectivity index (χ4v) is 2.55. The summed E-state index contributed by atoms with van der Waals surface area (Å²) in [4.78, 5) is 0. The highest BCUT2D eigenvalue weighted by molar-refractivity contribution is 5.68. The number of rotatable bonds is 3. The zero-order valence-corrected chi connectivity index (χ0v) is 11.5. The van der Waals surface area contributed by atoms with Crippen LogP contribution in [0.1, 0.15) is 12.0 Å². The quantitative estimate of drug-likeness (QED) is 0.697. The molecule has 0 aliphatic heterocycles. The van der Waals surface area contributed by atoms with Gasteiger partial charge in [-0.05, 0) is 35.1 Å². The van der Waals surface area contributed by atoms with Crippen LogP contribution in [0.2, 0.25) is 0 Å². The summed E-state index contributed by atoms with van der Waals surface area (Å²) in [7, 11) is 0. The van der Waals surface area contributed by atoms with Gasteiger partial charge in [0.2, 0.25) is 0 Å². The number of allylic oxidation sites excluding steroid dienone is 5. The number of hydrogen-bond donors (Lipinski definition) is 0. The third-order valence-corrected chi connectivity index (χ3v) is 3.66. The van der Waals surface area contributed by atoms with Gasteiger partial charge >= 0.3 is 0 Å². The minimum Gasteiger partial charge on any atom is -0.0955 e. The predicted octanol–water partition coefficient (Wildman–Crippen LogP) is 5.34. The van der Waals surface area contributed by atoms with Crippen molar-refractivity contribution in [2.45, 2.75) is 12.8 Å². The van der Waals surface area contributed by atoms with Gasteiger partial charge in [-0.2, -0.15) is 0 Å². The smallest absolute Gasteiger partial charge is 0.00227 e. The maximum atomic E-state index is 3.99. The molecule has 0 atom stereocenters. The lowest BCUT2D eigenvalue weighted by Gasteiger charge is -2.12. The summed E-state index contributed by atoms with van der Waals surface area (Å²) in [6, 6.07) is 19.2. The Labute approximate surface area is 120 Å². The fraction of sp³-hybridized carbons (Fsp3) is 0.100. The van der Waals surface area contributed by atoms with Crippen molar-refractivity contribution in [2.75, 3.05) is 0 Å². The summed E-state index contributed by atoms with van der Waals surface area (Å²) < 4.78 is 0. The molecule has 0 N–H and O–H groups in total. The topological polar surface area (TPSA) is 0 Å². The molecule has 0 aromatic heterocycles. The van der Waals surface area contributed by atoms with Gasteiger partial charge < -0.3 is 0 Å². The minimum atomic E-state index is 0.972. The largest absolute Gasteiger partial charge is 0.0955 e. The zero-order chi connectivity index (χ0) is 13.8. The molecule has 0 saturated heterocycles. The lowest BCUT2D eigenvalue weighted by molar-refractivity contribution is 1.13. The Kier molecular flexibility index (Phi) is 3.64. The van der Waals surface area contributed by atoms with E-state index in [1.807, 2.05) is 0 Å². The molecular formula is C20H18. The van der Waals surface area contributed by atoms with Crippen LogP contribution >= 0.6 is 0 Å². The normalized spacial score (nSPS) is 14.2. The van der Waals surface area contributed by atoms with Crippen LogP contribution in [-0.2, 0) is 6.42 Å². The molecule has 2 aromatic rings. The second-order valence-corrected chi connectivity index (χ2v) is 5.17. The highest BCUT2D eigenvalue weighted by Gasteiger charge is 2.07. The molecule has 3 rings (SSSR count). The highest BCUT2D eigenvalue weighted by atomic mass is 14.1. The zero-order valence-electron chi connectivity index (χ0n) is 11.5. The van der Waals surface area contributed by atoms with Gasteiger partial charge in [-0.1, -0.05) is 85.0 Å². The molecule has 1 aliphatic rings. The summed E-state index contributed by atoms with van der Waals surface area (Å²) in [5.41, 5.74) is 6.55. The van der Waals surface area contributed by atoms with Crippen molar-refractivity contribution >= 4 is 0 Å². The van der Waals surface area contributed by atoms with Crippen molar-refractivity contribution in [1.29, 1.82) is 0 Å². The third-order valence-electron chi connectivity index (χ3n) is 3.66. The van der Waals surface area contributed by atoms with Crippen molar-refractivity contribution in [3.63, 3.8) is 0 Å². The summed E-state index contributed by atoms with van der Waals surface area (Å²) in [5.74, 6) is 0. The van der Waals surface area contributed by atoms with Gasteiger partial charge in [0.25, 0.3) is 0 Å². The van der Waals surface area contributed by atoms with E-state index in [1.54, 1.807) is 0 Å². The SMILES string of the molecule is C=C1C=CC(Cc2ccccc2-c2ccccc2)=CC1. The van der Waals surface area contributed by atoms with E-state index >= 15 is 0 Å². The lowest BCUT2D eigenvalue weighted by atomic mass is 9.92. The van der Waals surface area contributed by atoms with Crippen LogP contribution < -0.4 is 0 Å². The first kappa shape index (κ1) is 12.7. The van der Waals surface area contributed by atoms with E-state index in [1.165, 1.54) is 27.8 Å². The van der Waals surface area contributed by atoms with Crippen LogP contribution in [0.4, 0.5) is 0 Å². The molecule has 0 amide bonds. The van der Waals surface area contributed by atoms with E-state index in [0.29, 0.717) is 0 Å². The predicted molar refractivity (Wildman–Crippen MR) is 86.6 cm³/mol. The van der Waals surface area contributed by atoms with Crippen LogP contribution in [0.5, 0.6) is 0 Å². The maximum absolute atomic E-state index is 3.99. The first-order chi connectivity index (χ1) is 9.83. The van der Waals surface area contributed by atoms with Gasteiger partial charge in [-0.25, -0.2) is 0 Å². The Morgan fingerprint density at radius 1 is 0.850 bits per heavy atom. The van der Waals surface area contributed by atoms with Crippen molar-refractivity contribution in [2.24, 2.45) is 0 Å². The summed E-state index contributed by atoms with van der Waals surface area (Å²) in [5, 5.41) is 0. The molecule has 2 aromatic carbocycles. The van der Waals surface area contributed by atoms with Crippen LogP contribution in [0.3, 0.4) is 0 Å². The van der Waals surface area contributed by atoms with Gasteiger partial charge in [-0.15, -0.1) is 0 Å². The molecule has 0 nitrogen and oxygen atoms in total. The van der Waals surface area contributed by atoms with Crippen LogP contribution in [0.25, 0.3) is 11.1 Å². The van der Waals surface area contributed by atoms with Crippen molar-refractivity contribution in [1.82, 2.24) is 0 Å². The van der Waals surface area contributed by atoms with E-state index in [0.717, 1.165) is 12.8 Å². The second kappa shape index (κ2) is 5.75. The fourth-order valence-electron chi connectivity index (χ4n) is 2.55. The summed E-state index contributed by atoms with van der Waals surface area (Å²) in [6.07, 6.45) is 8.55. The molecule has 0 fully saturated rings. The molecule has 0 bridgehead atoms. The molecular weight excluding hydrogens is 240 g/mol. The first-order valence-corrected chi connectivity index (χ1v) is 7.01. The van der Waals surface area contributed by atoms with Gasteiger partial charge in [-0.3, -0.25) is 0 Å². The molecule has 20 heavy (non-hydrogen) atoms. The van der Waals surface area contributed by atoms with E-state index in [9.17, 15) is 0 Å². The van der Waals surface area contributed by atoms with Crippen LogP contribution in [-0.4, -0.2) is 0 Å². The number of hydrogen-bond acceptors (Lipinski definition) is 0. The van der Waals surface area contributed by atoms with Crippen molar-refractivity contribution < 1.29 is 0 Å². The van der Waals surface area contributed by atoms with Gasteiger partial charge in [0.15, 0.2) is 0 Å². The monoisotopic (exact) mass is 258 g/mol. The average molecular weight is 258 g/mol. The maximum Gasteiger partial charge on any atom is -0.00227 e. The Bertz CT molecular complexity index is 672. The van der Waals surface area contributed by atoms with E-state index < -0.39 is 0 Å². The summed E-state index contributed by atoms with van der Waals surface area (Å²) in [6.45, 7) is 3.99. The van der Waals surface area contributed by atoms with Gasteiger partial charge in [0.1, 0.15) is 0 Å². The molecule has 0 unspecified atom stereocenters. The average Bonchev–Trinajstić information content (AvgIpc) is 2.51. The molecule has 0 saturated carbocycles. The van der Waals surface area contributed by atoms with Gasteiger partial charge in [0, 0.05) is 0 Å². The molecule has 98 valence electrons.